The van der Waals surface area contributed by atoms with Gasteiger partial charge in [-0.15, -0.1) is 0 Å². The number of hydrogen-bond donors (Lipinski definition) is 3. The van der Waals surface area contributed by atoms with E-state index < -0.39 is 10.0 Å². The van der Waals surface area contributed by atoms with Gasteiger partial charge < -0.3 is 15.6 Å². The SMILES string of the molecule is Nc1ccc(S(N)(=O)=O)cc1Oc1ccccc1CO. The van der Waals surface area contributed by atoms with Crippen LogP contribution in [-0.2, 0) is 16.6 Å². The van der Waals surface area contributed by atoms with E-state index in [0.717, 1.165) is 0 Å². The predicted molar refractivity (Wildman–Crippen MR) is 74.7 cm³/mol. The van der Waals surface area contributed by atoms with Crippen LogP contribution in [0.3, 0.4) is 0 Å². The number of sulfonamides is 1. The second-order valence-electron chi connectivity index (χ2n) is 4.11. The van der Waals surface area contributed by atoms with Crippen molar-refractivity contribution < 1.29 is 18.3 Å². The van der Waals surface area contributed by atoms with Crippen LogP contribution in [0.2, 0.25) is 0 Å². The molecule has 2 aromatic rings. The summed E-state index contributed by atoms with van der Waals surface area (Å²) in [6.07, 6.45) is 0. The Morgan fingerprint density at radius 3 is 2.45 bits per heavy atom. The van der Waals surface area contributed by atoms with E-state index in [1.807, 2.05) is 0 Å². The summed E-state index contributed by atoms with van der Waals surface area (Å²) in [5.74, 6) is 0.561. The number of rotatable bonds is 4. The van der Waals surface area contributed by atoms with Gasteiger partial charge in [-0.2, -0.15) is 0 Å². The molecule has 6 nitrogen and oxygen atoms in total. The zero-order chi connectivity index (χ0) is 14.8. The molecule has 0 fully saturated rings. The molecule has 0 spiro atoms. The van der Waals surface area contributed by atoms with E-state index >= 15 is 0 Å². The number of nitrogen functional groups attached to an aromatic ring is 1. The molecule has 0 saturated carbocycles. The molecule has 0 saturated heterocycles. The molecule has 0 aromatic heterocycles. The molecule has 0 aliphatic carbocycles. The van der Waals surface area contributed by atoms with Crippen molar-refractivity contribution in [1.29, 1.82) is 0 Å². The van der Waals surface area contributed by atoms with Crippen molar-refractivity contribution in [2.24, 2.45) is 5.14 Å². The summed E-state index contributed by atoms with van der Waals surface area (Å²) in [6, 6.07) is 10.8. The quantitative estimate of drug-likeness (QED) is 0.733. The minimum atomic E-state index is -3.83. The third kappa shape index (κ3) is 3.08. The molecule has 2 aromatic carbocycles. The number of aliphatic hydroxyl groups excluding tert-OH is 1. The fourth-order valence-corrected chi connectivity index (χ4v) is 2.16. The number of anilines is 1. The lowest BCUT2D eigenvalue weighted by Crippen LogP contribution is -2.12. The van der Waals surface area contributed by atoms with Gasteiger partial charge in [0.05, 0.1) is 17.2 Å². The Bertz CT molecular complexity index is 729. The van der Waals surface area contributed by atoms with Gasteiger partial charge in [-0.25, -0.2) is 13.6 Å². The number of hydrogen-bond acceptors (Lipinski definition) is 5. The van der Waals surface area contributed by atoms with Crippen molar-refractivity contribution in [3.8, 4) is 11.5 Å². The van der Waals surface area contributed by atoms with E-state index in [1.54, 1.807) is 24.3 Å². The molecule has 0 atom stereocenters. The fourth-order valence-electron chi connectivity index (χ4n) is 1.63. The van der Waals surface area contributed by atoms with Gasteiger partial charge in [0.2, 0.25) is 10.0 Å². The molecule has 0 radical (unpaired) electrons. The number of benzene rings is 2. The van der Waals surface area contributed by atoms with E-state index in [0.29, 0.717) is 11.3 Å². The maximum Gasteiger partial charge on any atom is 0.238 e. The van der Waals surface area contributed by atoms with Crippen molar-refractivity contribution in [3.63, 3.8) is 0 Å². The molecular formula is C13H14N2O4S. The van der Waals surface area contributed by atoms with Crippen LogP contribution in [0.4, 0.5) is 5.69 Å². The van der Waals surface area contributed by atoms with Gasteiger partial charge in [-0.1, -0.05) is 18.2 Å². The number of ether oxygens (including phenoxy) is 1. The van der Waals surface area contributed by atoms with Crippen molar-refractivity contribution in [1.82, 2.24) is 0 Å². The van der Waals surface area contributed by atoms with Crippen molar-refractivity contribution in [3.05, 3.63) is 48.0 Å². The van der Waals surface area contributed by atoms with E-state index in [1.165, 1.54) is 18.2 Å². The molecule has 0 unspecified atom stereocenters. The zero-order valence-electron chi connectivity index (χ0n) is 10.5. The van der Waals surface area contributed by atoms with Crippen LogP contribution in [0.15, 0.2) is 47.4 Å². The lowest BCUT2D eigenvalue weighted by molar-refractivity contribution is 0.276. The first-order valence-corrected chi connectivity index (χ1v) is 7.25. The highest BCUT2D eigenvalue weighted by Crippen LogP contribution is 2.31. The zero-order valence-corrected chi connectivity index (χ0v) is 11.3. The fraction of sp³-hybridized carbons (Fsp3) is 0.0769. The Labute approximate surface area is 116 Å². The summed E-state index contributed by atoms with van der Waals surface area (Å²) in [5, 5.41) is 14.3. The molecule has 0 heterocycles. The second-order valence-corrected chi connectivity index (χ2v) is 5.67. The first-order valence-electron chi connectivity index (χ1n) is 5.71. The molecule has 5 N–H and O–H groups in total. The van der Waals surface area contributed by atoms with Gasteiger partial charge >= 0.3 is 0 Å². The Balaban J connectivity index is 2.43. The highest BCUT2D eigenvalue weighted by Gasteiger charge is 2.12. The van der Waals surface area contributed by atoms with Crippen LogP contribution < -0.4 is 15.6 Å². The minimum absolute atomic E-state index is 0.0943. The average molecular weight is 294 g/mol. The van der Waals surface area contributed by atoms with Gasteiger partial charge in [0.25, 0.3) is 0 Å². The van der Waals surface area contributed by atoms with E-state index in [2.05, 4.69) is 0 Å². The molecule has 0 bridgehead atoms. The van der Waals surface area contributed by atoms with Crippen LogP contribution in [0.1, 0.15) is 5.56 Å². The van der Waals surface area contributed by atoms with E-state index in [9.17, 15) is 13.5 Å². The predicted octanol–water partition coefficient (Wildman–Crippen LogP) is 1.20. The lowest BCUT2D eigenvalue weighted by atomic mass is 10.2. The van der Waals surface area contributed by atoms with Gasteiger partial charge in [-0.05, 0) is 18.2 Å². The number of para-hydroxylation sites is 1. The maximum atomic E-state index is 11.3. The molecule has 20 heavy (non-hydrogen) atoms. The summed E-state index contributed by atoms with van der Waals surface area (Å²) in [6.45, 7) is -0.203. The summed E-state index contributed by atoms with van der Waals surface area (Å²) in [4.78, 5) is -0.0943. The summed E-state index contributed by atoms with van der Waals surface area (Å²) in [7, 11) is -3.83. The average Bonchev–Trinajstić information content (AvgIpc) is 2.40. The molecule has 2 rings (SSSR count). The highest BCUT2D eigenvalue weighted by molar-refractivity contribution is 7.89. The molecule has 0 aliphatic rings. The summed E-state index contributed by atoms with van der Waals surface area (Å²) in [5.41, 5.74) is 6.58. The Morgan fingerprint density at radius 1 is 1.10 bits per heavy atom. The Hall–Kier alpha value is -2.09. The third-order valence-corrected chi connectivity index (χ3v) is 3.59. The first-order chi connectivity index (χ1) is 9.41. The van der Waals surface area contributed by atoms with Gasteiger partial charge in [0, 0.05) is 11.6 Å². The normalized spacial score (nSPS) is 11.3. The van der Waals surface area contributed by atoms with Crippen LogP contribution in [0.5, 0.6) is 11.5 Å². The van der Waals surface area contributed by atoms with Crippen LogP contribution in [0.25, 0.3) is 0 Å². The third-order valence-electron chi connectivity index (χ3n) is 2.68. The number of nitrogens with two attached hydrogens (primary N) is 2. The topological polar surface area (TPSA) is 116 Å². The number of aliphatic hydroxyl groups is 1. The monoisotopic (exact) mass is 294 g/mol. The smallest absolute Gasteiger partial charge is 0.238 e. The van der Waals surface area contributed by atoms with Crippen molar-refractivity contribution in [2.75, 3.05) is 5.73 Å². The molecular weight excluding hydrogens is 280 g/mol. The first kappa shape index (κ1) is 14.3. The van der Waals surface area contributed by atoms with E-state index in [-0.39, 0.29) is 22.9 Å². The van der Waals surface area contributed by atoms with Crippen molar-refractivity contribution in [2.45, 2.75) is 11.5 Å². The van der Waals surface area contributed by atoms with Crippen LogP contribution in [-0.4, -0.2) is 13.5 Å². The Morgan fingerprint density at radius 2 is 1.80 bits per heavy atom. The van der Waals surface area contributed by atoms with Gasteiger partial charge in [0.15, 0.2) is 5.75 Å². The van der Waals surface area contributed by atoms with Crippen molar-refractivity contribution >= 4 is 15.7 Å². The molecule has 106 valence electrons. The van der Waals surface area contributed by atoms with Crippen LogP contribution >= 0.6 is 0 Å². The molecule has 7 heteroatoms. The van der Waals surface area contributed by atoms with Crippen LogP contribution in [0, 0.1) is 0 Å². The second kappa shape index (κ2) is 5.49. The van der Waals surface area contributed by atoms with Gasteiger partial charge in [0.1, 0.15) is 5.75 Å². The van der Waals surface area contributed by atoms with E-state index in [4.69, 9.17) is 15.6 Å². The molecule has 0 amide bonds. The largest absolute Gasteiger partial charge is 0.455 e. The lowest BCUT2D eigenvalue weighted by Gasteiger charge is -2.12. The minimum Gasteiger partial charge on any atom is -0.455 e. The number of primary sulfonamides is 1. The standard InChI is InChI=1S/C13H14N2O4S/c14-11-6-5-10(20(15,17)18)7-13(11)19-12-4-2-1-3-9(12)8-16/h1-7,16H,8,14H2,(H2,15,17,18). The Kier molecular flexibility index (Phi) is 3.93. The summed E-state index contributed by atoms with van der Waals surface area (Å²) < 4.78 is 28.2. The highest BCUT2D eigenvalue weighted by atomic mass is 32.2. The van der Waals surface area contributed by atoms with Gasteiger partial charge in [-0.3, -0.25) is 0 Å². The molecule has 0 aliphatic heterocycles. The maximum absolute atomic E-state index is 11.3. The summed E-state index contributed by atoms with van der Waals surface area (Å²) >= 11 is 0.